The van der Waals surface area contributed by atoms with Gasteiger partial charge >= 0.3 is 0 Å². The van der Waals surface area contributed by atoms with E-state index in [4.69, 9.17) is 18.0 Å². The van der Waals surface area contributed by atoms with Crippen LogP contribution >= 0.6 is 24.0 Å². The molecule has 0 saturated carbocycles. The molecule has 0 saturated heterocycles. The summed E-state index contributed by atoms with van der Waals surface area (Å²) >= 11 is 6.95. The highest BCUT2D eigenvalue weighted by Crippen LogP contribution is 2.28. The molecule has 20 heavy (non-hydrogen) atoms. The van der Waals surface area contributed by atoms with Gasteiger partial charge in [-0.05, 0) is 35.6 Å². The number of anilines is 1. The average Bonchev–Trinajstić information content (AvgIpc) is 2.46. The number of benzene rings is 1. The Balaban J connectivity index is 2.22. The minimum absolute atomic E-state index is 0.429. The maximum atomic E-state index is 5.88. The molecule has 0 aliphatic carbocycles. The topological polar surface area (TPSA) is 50.9 Å². The van der Waals surface area contributed by atoms with Crippen molar-refractivity contribution in [1.82, 2.24) is 4.98 Å². The zero-order valence-corrected chi connectivity index (χ0v) is 12.9. The fourth-order valence-corrected chi connectivity index (χ4v) is 3.04. The van der Waals surface area contributed by atoms with Crippen molar-refractivity contribution in [3.05, 3.63) is 53.9 Å². The minimum atomic E-state index is 0.429. The van der Waals surface area contributed by atoms with Crippen molar-refractivity contribution in [2.75, 3.05) is 11.1 Å². The average molecular weight is 303 g/mol. The number of nitrogens with one attached hydrogen (secondary N) is 1. The first-order chi connectivity index (χ1) is 9.72. The number of hydrogen-bond acceptors (Lipinski definition) is 4. The highest BCUT2D eigenvalue weighted by molar-refractivity contribution is 7.99. The fourth-order valence-electron chi connectivity index (χ4n) is 1.91. The van der Waals surface area contributed by atoms with E-state index in [1.165, 1.54) is 5.56 Å². The standard InChI is InChI=1S/C15H17N3S2/c1-2-20-13-5-3-4-12(14(13)15(16)19)18-10-11-6-8-17-9-7-11/h3-9,18H,2,10H2,1H3,(H2,16,19). The number of hydrogen-bond donors (Lipinski definition) is 2. The molecular formula is C15H17N3S2. The van der Waals surface area contributed by atoms with Crippen LogP contribution in [0, 0.1) is 0 Å². The zero-order valence-electron chi connectivity index (χ0n) is 11.3. The third-order valence-electron chi connectivity index (χ3n) is 2.80. The molecule has 0 fully saturated rings. The fraction of sp³-hybridized carbons (Fsp3) is 0.200. The minimum Gasteiger partial charge on any atom is -0.389 e. The van der Waals surface area contributed by atoms with Crippen molar-refractivity contribution in [2.24, 2.45) is 5.73 Å². The second kappa shape index (κ2) is 7.26. The van der Waals surface area contributed by atoms with Gasteiger partial charge in [0.05, 0.1) is 0 Å². The summed E-state index contributed by atoms with van der Waals surface area (Å²) in [6, 6.07) is 10.1. The van der Waals surface area contributed by atoms with Gasteiger partial charge in [-0.25, -0.2) is 0 Å². The molecule has 0 aliphatic rings. The Labute approximate surface area is 129 Å². The summed E-state index contributed by atoms with van der Waals surface area (Å²) in [5.74, 6) is 0.990. The van der Waals surface area contributed by atoms with Gasteiger partial charge in [0.1, 0.15) is 4.99 Å². The van der Waals surface area contributed by atoms with Crippen LogP contribution in [0.25, 0.3) is 0 Å². The van der Waals surface area contributed by atoms with E-state index in [0.29, 0.717) is 4.99 Å². The van der Waals surface area contributed by atoms with E-state index in [9.17, 15) is 0 Å². The lowest BCUT2D eigenvalue weighted by Crippen LogP contribution is -2.14. The largest absolute Gasteiger partial charge is 0.389 e. The molecule has 0 radical (unpaired) electrons. The molecule has 2 aromatic rings. The molecule has 5 heteroatoms. The first-order valence-corrected chi connectivity index (χ1v) is 7.80. The van der Waals surface area contributed by atoms with E-state index in [1.807, 2.05) is 24.3 Å². The van der Waals surface area contributed by atoms with E-state index < -0.39 is 0 Å². The Morgan fingerprint density at radius 2 is 2.05 bits per heavy atom. The van der Waals surface area contributed by atoms with Gasteiger partial charge in [0.25, 0.3) is 0 Å². The number of thioether (sulfide) groups is 1. The molecule has 0 bridgehead atoms. The van der Waals surface area contributed by atoms with E-state index in [0.717, 1.165) is 28.4 Å². The van der Waals surface area contributed by atoms with Crippen molar-refractivity contribution in [3.8, 4) is 0 Å². The molecule has 2 rings (SSSR count). The van der Waals surface area contributed by atoms with Crippen LogP contribution in [0.4, 0.5) is 5.69 Å². The number of rotatable bonds is 6. The van der Waals surface area contributed by atoms with Gasteiger partial charge in [-0.2, -0.15) is 0 Å². The second-order valence-corrected chi connectivity index (χ2v) is 5.93. The molecule has 1 aromatic carbocycles. The van der Waals surface area contributed by atoms with Gasteiger partial charge in [-0.3, -0.25) is 4.98 Å². The molecule has 104 valence electrons. The van der Waals surface area contributed by atoms with Crippen LogP contribution in [-0.4, -0.2) is 15.7 Å². The number of pyridine rings is 1. The van der Waals surface area contributed by atoms with Gasteiger partial charge in [0, 0.05) is 35.1 Å². The summed E-state index contributed by atoms with van der Waals surface area (Å²) in [6.07, 6.45) is 3.57. The first kappa shape index (κ1) is 14.8. The molecule has 0 amide bonds. The first-order valence-electron chi connectivity index (χ1n) is 6.40. The summed E-state index contributed by atoms with van der Waals surface area (Å²) in [5.41, 5.74) is 8.96. The summed E-state index contributed by atoms with van der Waals surface area (Å²) in [7, 11) is 0. The van der Waals surface area contributed by atoms with E-state index in [1.54, 1.807) is 24.2 Å². The third kappa shape index (κ3) is 3.71. The van der Waals surface area contributed by atoms with Gasteiger partial charge in [-0.15, -0.1) is 11.8 Å². The maximum Gasteiger partial charge on any atom is 0.107 e. The quantitative estimate of drug-likeness (QED) is 0.632. The zero-order chi connectivity index (χ0) is 14.4. The summed E-state index contributed by atoms with van der Waals surface area (Å²) in [5, 5.41) is 3.40. The van der Waals surface area contributed by atoms with Crippen LogP contribution in [0.3, 0.4) is 0 Å². The SMILES string of the molecule is CCSc1cccc(NCc2ccncc2)c1C(N)=S. The second-order valence-electron chi connectivity index (χ2n) is 4.18. The molecule has 3 nitrogen and oxygen atoms in total. The Morgan fingerprint density at radius 1 is 1.30 bits per heavy atom. The summed E-state index contributed by atoms with van der Waals surface area (Å²) in [6.45, 7) is 2.84. The van der Waals surface area contributed by atoms with Crippen molar-refractivity contribution in [3.63, 3.8) is 0 Å². The van der Waals surface area contributed by atoms with Gasteiger partial charge in [0.15, 0.2) is 0 Å². The lowest BCUT2D eigenvalue weighted by Gasteiger charge is -2.14. The van der Waals surface area contributed by atoms with Gasteiger partial charge < -0.3 is 11.1 Å². The Bertz CT molecular complexity index is 585. The third-order valence-corrected chi connectivity index (χ3v) is 3.95. The normalized spacial score (nSPS) is 10.2. The molecular weight excluding hydrogens is 286 g/mol. The number of nitrogens with two attached hydrogens (primary N) is 1. The molecule has 0 spiro atoms. The lowest BCUT2D eigenvalue weighted by molar-refractivity contribution is 1.12. The number of thiocarbonyl (C=S) groups is 1. The molecule has 0 aliphatic heterocycles. The van der Waals surface area contributed by atoms with E-state index in [2.05, 4.69) is 23.3 Å². The maximum absolute atomic E-state index is 5.88. The number of aromatic nitrogens is 1. The Morgan fingerprint density at radius 3 is 2.70 bits per heavy atom. The van der Waals surface area contributed by atoms with E-state index in [-0.39, 0.29) is 0 Å². The molecule has 0 unspecified atom stereocenters. The van der Waals surface area contributed by atoms with Crippen LogP contribution in [0.2, 0.25) is 0 Å². The van der Waals surface area contributed by atoms with Gasteiger partial charge in [-0.1, -0.05) is 25.2 Å². The smallest absolute Gasteiger partial charge is 0.107 e. The number of nitrogens with zero attached hydrogens (tertiary/aromatic N) is 1. The van der Waals surface area contributed by atoms with Crippen molar-refractivity contribution in [1.29, 1.82) is 0 Å². The van der Waals surface area contributed by atoms with Crippen LogP contribution in [0.1, 0.15) is 18.1 Å². The summed E-state index contributed by atoms with van der Waals surface area (Å²) < 4.78 is 0. The van der Waals surface area contributed by atoms with Gasteiger partial charge in [0.2, 0.25) is 0 Å². The van der Waals surface area contributed by atoms with Crippen molar-refractivity contribution < 1.29 is 0 Å². The Kier molecular flexibility index (Phi) is 5.38. The predicted octanol–water partition coefficient (Wildman–Crippen LogP) is 3.44. The van der Waals surface area contributed by atoms with Crippen LogP contribution < -0.4 is 11.1 Å². The lowest BCUT2D eigenvalue weighted by atomic mass is 10.1. The molecule has 0 atom stereocenters. The van der Waals surface area contributed by atoms with E-state index >= 15 is 0 Å². The van der Waals surface area contributed by atoms with Crippen LogP contribution in [0.5, 0.6) is 0 Å². The van der Waals surface area contributed by atoms with Crippen molar-refractivity contribution in [2.45, 2.75) is 18.4 Å². The van der Waals surface area contributed by atoms with Crippen LogP contribution in [-0.2, 0) is 6.54 Å². The summed E-state index contributed by atoms with van der Waals surface area (Å²) in [4.78, 5) is 5.57. The molecule has 3 N–H and O–H groups in total. The monoisotopic (exact) mass is 303 g/mol. The van der Waals surface area contributed by atoms with Crippen LogP contribution in [0.15, 0.2) is 47.6 Å². The molecule has 1 aromatic heterocycles. The highest BCUT2D eigenvalue weighted by Gasteiger charge is 2.10. The van der Waals surface area contributed by atoms with Crippen molar-refractivity contribution >= 4 is 34.7 Å². The highest BCUT2D eigenvalue weighted by atomic mass is 32.2. The molecule has 1 heterocycles. The Hall–Kier alpha value is -1.59. The predicted molar refractivity (Wildman–Crippen MR) is 90.3 cm³/mol.